The minimum absolute atomic E-state index is 0.105. The highest BCUT2D eigenvalue weighted by molar-refractivity contribution is 5.76. The third kappa shape index (κ3) is 2.65. The van der Waals surface area contributed by atoms with E-state index >= 15 is 0 Å². The minimum atomic E-state index is -0.788. The molecule has 1 saturated carbocycles. The van der Waals surface area contributed by atoms with Crippen molar-refractivity contribution < 1.29 is 14.6 Å². The molecule has 5 heteroatoms. The molecule has 0 radical (unpaired) electrons. The maximum absolute atomic E-state index is 10.9. The summed E-state index contributed by atoms with van der Waals surface area (Å²) in [6.07, 6.45) is 4.13. The molecular weight excluding hydrogens is 268 g/mol. The van der Waals surface area contributed by atoms with E-state index in [-0.39, 0.29) is 12.0 Å². The Bertz CT molecular complexity index is 653. The third-order valence-corrected chi connectivity index (χ3v) is 4.46. The van der Waals surface area contributed by atoms with E-state index in [2.05, 4.69) is 0 Å². The number of para-hydroxylation sites is 2. The minimum Gasteiger partial charge on any atom is -0.481 e. The lowest BCUT2D eigenvalue weighted by atomic mass is 9.77. The van der Waals surface area contributed by atoms with Gasteiger partial charge in [0.05, 0.1) is 23.1 Å². The summed E-state index contributed by atoms with van der Waals surface area (Å²) >= 11 is 0. The molecular formula is C16H20N2O3. The third-order valence-electron chi connectivity index (χ3n) is 4.46. The zero-order valence-corrected chi connectivity index (χ0v) is 12.2. The number of aryl methyl sites for hydroxylation is 1. The zero-order chi connectivity index (χ0) is 14.9. The summed E-state index contributed by atoms with van der Waals surface area (Å²) in [5.74, 6) is 0.142. The van der Waals surface area contributed by atoms with Crippen LogP contribution in [0.3, 0.4) is 0 Å². The molecule has 2 aromatic rings. The van der Waals surface area contributed by atoms with Crippen LogP contribution in [0, 0.1) is 0 Å². The SMILES string of the molecule is COC1(Cc2nc3ccccc3n2CCC(=O)O)CCC1. The van der Waals surface area contributed by atoms with Crippen LogP contribution in [0.5, 0.6) is 0 Å². The van der Waals surface area contributed by atoms with Gasteiger partial charge in [-0.15, -0.1) is 0 Å². The van der Waals surface area contributed by atoms with Gasteiger partial charge in [0.15, 0.2) is 0 Å². The molecule has 21 heavy (non-hydrogen) atoms. The molecule has 0 bridgehead atoms. The van der Waals surface area contributed by atoms with E-state index < -0.39 is 5.97 Å². The molecule has 3 rings (SSSR count). The Kier molecular flexibility index (Phi) is 3.68. The first kappa shape index (κ1) is 14.1. The number of benzene rings is 1. The number of aliphatic carboxylic acids is 1. The van der Waals surface area contributed by atoms with Gasteiger partial charge in [-0.2, -0.15) is 0 Å². The lowest BCUT2D eigenvalue weighted by molar-refractivity contribution is -0.137. The standard InChI is InChI=1S/C16H20N2O3/c1-21-16(8-4-9-16)11-14-17-12-5-2-3-6-13(12)18(14)10-7-15(19)20/h2-3,5-6H,4,7-11H2,1H3,(H,19,20). The Labute approximate surface area is 123 Å². The van der Waals surface area contributed by atoms with Crippen molar-refractivity contribution in [2.24, 2.45) is 0 Å². The maximum Gasteiger partial charge on any atom is 0.305 e. The van der Waals surface area contributed by atoms with Gasteiger partial charge in [0.2, 0.25) is 0 Å². The highest BCUT2D eigenvalue weighted by Gasteiger charge is 2.38. The average Bonchev–Trinajstić information content (AvgIpc) is 2.78. The summed E-state index contributed by atoms with van der Waals surface area (Å²) in [6, 6.07) is 7.88. The number of imidazole rings is 1. The van der Waals surface area contributed by atoms with Crippen molar-refractivity contribution in [1.82, 2.24) is 9.55 Å². The molecule has 0 amide bonds. The highest BCUT2D eigenvalue weighted by atomic mass is 16.5. The molecule has 1 aromatic heterocycles. The maximum atomic E-state index is 10.9. The zero-order valence-electron chi connectivity index (χ0n) is 12.2. The lowest BCUT2D eigenvalue weighted by Crippen LogP contribution is -2.42. The van der Waals surface area contributed by atoms with Crippen LogP contribution >= 0.6 is 0 Å². The van der Waals surface area contributed by atoms with Crippen molar-refractivity contribution in [3.8, 4) is 0 Å². The van der Waals surface area contributed by atoms with E-state index in [4.69, 9.17) is 14.8 Å². The van der Waals surface area contributed by atoms with Crippen molar-refractivity contribution in [1.29, 1.82) is 0 Å². The number of hydrogen-bond acceptors (Lipinski definition) is 3. The number of carboxylic acid groups (broad SMARTS) is 1. The number of rotatable bonds is 6. The van der Waals surface area contributed by atoms with Gasteiger partial charge in [0, 0.05) is 20.1 Å². The van der Waals surface area contributed by atoms with Gasteiger partial charge >= 0.3 is 5.97 Å². The Morgan fingerprint density at radius 2 is 2.19 bits per heavy atom. The van der Waals surface area contributed by atoms with Gasteiger partial charge < -0.3 is 14.4 Å². The summed E-state index contributed by atoms with van der Waals surface area (Å²) in [7, 11) is 1.75. The predicted octanol–water partition coefficient (Wildman–Crippen LogP) is 2.62. The first-order chi connectivity index (χ1) is 10.1. The van der Waals surface area contributed by atoms with Gasteiger partial charge in [-0.25, -0.2) is 4.98 Å². The monoisotopic (exact) mass is 288 g/mol. The van der Waals surface area contributed by atoms with Crippen LogP contribution in [0.1, 0.15) is 31.5 Å². The number of carboxylic acids is 1. The van der Waals surface area contributed by atoms with Crippen molar-refractivity contribution in [3.63, 3.8) is 0 Å². The Hall–Kier alpha value is -1.88. The van der Waals surface area contributed by atoms with Crippen molar-refractivity contribution in [2.75, 3.05) is 7.11 Å². The van der Waals surface area contributed by atoms with Crippen LogP contribution < -0.4 is 0 Å². The first-order valence-electron chi connectivity index (χ1n) is 7.35. The molecule has 0 saturated heterocycles. The largest absolute Gasteiger partial charge is 0.481 e. The number of ether oxygens (including phenoxy) is 1. The molecule has 1 aliphatic carbocycles. The van der Waals surface area contributed by atoms with Crippen LogP contribution in [0.2, 0.25) is 0 Å². The second-order valence-electron chi connectivity index (χ2n) is 5.73. The van der Waals surface area contributed by atoms with Gasteiger partial charge in [0.1, 0.15) is 5.82 Å². The molecule has 1 heterocycles. The molecule has 1 fully saturated rings. The average molecular weight is 288 g/mol. The predicted molar refractivity (Wildman–Crippen MR) is 79.3 cm³/mol. The van der Waals surface area contributed by atoms with Crippen molar-refractivity contribution in [3.05, 3.63) is 30.1 Å². The van der Waals surface area contributed by atoms with Crippen LogP contribution in [-0.4, -0.2) is 33.3 Å². The summed E-state index contributed by atoms with van der Waals surface area (Å²) in [5, 5.41) is 8.95. The van der Waals surface area contributed by atoms with E-state index in [1.807, 2.05) is 28.8 Å². The fraction of sp³-hybridized carbons (Fsp3) is 0.500. The molecule has 1 aliphatic rings. The van der Waals surface area contributed by atoms with Gasteiger partial charge in [-0.1, -0.05) is 12.1 Å². The van der Waals surface area contributed by atoms with Crippen molar-refractivity contribution >= 4 is 17.0 Å². The summed E-state index contributed by atoms with van der Waals surface area (Å²) in [6.45, 7) is 0.449. The van der Waals surface area contributed by atoms with Gasteiger partial charge in [-0.3, -0.25) is 4.79 Å². The normalized spacial score (nSPS) is 16.8. The van der Waals surface area contributed by atoms with Gasteiger partial charge in [0.25, 0.3) is 0 Å². The quantitative estimate of drug-likeness (QED) is 0.887. The molecule has 0 atom stereocenters. The summed E-state index contributed by atoms with van der Waals surface area (Å²) < 4.78 is 7.71. The smallest absolute Gasteiger partial charge is 0.305 e. The van der Waals surface area contributed by atoms with Crippen LogP contribution in [-0.2, 0) is 22.5 Å². The van der Waals surface area contributed by atoms with Crippen molar-refractivity contribution in [2.45, 2.75) is 44.2 Å². The molecule has 5 nitrogen and oxygen atoms in total. The number of aromatic nitrogens is 2. The number of hydrogen-bond donors (Lipinski definition) is 1. The van der Waals surface area contributed by atoms with Crippen LogP contribution in [0.4, 0.5) is 0 Å². The molecule has 1 aromatic carbocycles. The number of carbonyl (C=O) groups is 1. The van der Waals surface area contributed by atoms with Gasteiger partial charge in [-0.05, 0) is 31.4 Å². The number of fused-ring (bicyclic) bond motifs is 1. The fourth-order valence-corrected chi connectivity index (χ4v) is 3.03. The first-order valence-corrected chi connectivity index (χ1v) is 7.35. The van der Waals surface area contributed by atoms with E-state index in [1.54, 1.807) is 7.11 Å². The van der Waals surface area contributed by atoms with E-state index in [0.717, 1.165) is 36.1 Å². The Morgan fingerprint density at radius 3 is 2.81 bits per heavy atom. The van der Waals surface area contributed by atoms with E-state index in [1.165, 1.54) is 6.42 Å². The molecule has 1 N–H and O–H groups in total. The lowest BCUT2D eigenvalue weighted by Gasteiger charge is -2.40. The van der Waals surface area contributed by atoms with Crippen LogP contribution in [0.15, 0.2) is 24.3 Å². The molecule has 112 valence electrons. The second kappa shape index (κ2) is 5.48. The Balaban J connectivity index is 1.95. The number of nitrogens with zero attached hydrogens (tertiary/aromatic N) is 2. The fourth-order valence-electron chi connectivity index (χ4n) is 3.03. The van der Waals surface area contributed by atoms with E-state index in [9.17, 15) is 4.79 Å². The number of methoxy groups -OCH3 is 1. The molecule has 0 unspecified atom stereocenters. The molecule has 0 aliphatic heterocycles. The Morgan fingerprint density at radius 1 is 1.43 bits per heavy atom. The highest BCUT2D eigenvalue weighted by Crippen LogP contribution is 2.38. The van der Waals surface area contributed by atoms with Crippen LogP contribution in [0.25, 0.3) is 11.0 Å². The van der Waals surface area contributed by atoms with E-state index in [0.29, 0.717) is 6.54 Å². The summed E-state index contributed by atoms with van der Waals surface area (Å²) in [5.41, 5.74) is 1.81. The summed E-state index contributed by atoms with van der Waals surface area (Å²) in [4.78, 5) is 15.6. The second-order valence-corrected chi connectivity index (χ2v) is 5.73. The molecule has 0 spiro atoms. The topological polar surface area (TPSA) is 64.4 Å².